The Balaban J connectivity index is 0.00000288. The molecule has 2 unspecified atom stereocenters. The van der Waals surface area contributed by atoms with Crippen molar-refractivity contribution in [3.8, 4) is 5.75 Å². The normalized spacial score (nSPS) is 17.8. The van der Waals surface area contributed by atoms with Gasteiger partial charge in [0, 0.05) is 38.8 Å². The molecular formula is C16H24Cl3N3O2. The summed E-state index contributed by atoms with van der Waals surface area (Å²) in [5.41, 5.74) is 6.70. The van der Waals surface area contributed by atoms with E-state index >= 15 is 0 Å². The number of rotatable bonds is 6. The van der Waals surface area contributed by atoms with Crippen LogP contribution in [-0.4, -0.2) is 57.1 Å². The Hall–Kier alpha value is -0.720. The van der Waals surface area contributed by atoms with Crippen LogP contribution in [0.5, 0.6) is 5.75 Å². The average molecular weight is 397 g/mol. The molecule has 2 rings (SSSR count). The molecule has 24 heavy (non-hydrogen) atoms. The number of piperazine rings is 1. The molecule has 1 fully saturated rings. The van der Waals surface area contributed by atoms with E-state index in [1.807, 2.05) is 13.0 Å². The van der Waals surface area contributed by atoms with Gasteiger partial charge in [-0.2, -0.15) is 0 Å². The number of halogens is 3. The Morgan fingerprint density at radius 1 is 1.25 bits per heavy atom. The number of nitrogens with zero attached hydrogens (tertiary/aromatic N) is 2. The van der Waals surface area contributed by atoms with Crippen molar-refractivity contribution in [3.05, 3.63) is 22.2 Å². The SMILES string of the molecule is COc1cc(N2CCN(CC(C)C(N)C=O)CC2)c(Cl)cc1Cl.Cl. The summed E-state index contributed by atoms with van der Waals surface area (Å²) in [4.78, 5) is 15.3. The summed E-state index contributed by atoms with van der Waals surface area (Å²) >= 11 is 12.4. The summed E-state index contributed by atoms with van der Waals surface area (Å²) in [7, 11) is 1.59. The molecule has 0 aliphatic carbocycles. The van der Waals surface area contributed by atoms with Gasteiger partial charge in [-0.25, -0.2) is 0 Å². The van der Waals surface area contributed by atoms with Gasteiger partial charge in [-0.15, -0.1) is 12.4 Å². The van der Waals surface area contributed by atoms with Crippen LogP contribution < -0.4 is 15.4 Å². The molecule has 0 bridgehead atoms. The van der Waals surface area contributed by atoms with Gasteiger partial charge < -0.3 is 20.2 Å². The quantitative estimate of drug-likeness (QED) is 0.749. The molecule has 1 aromatic rings. The number of nitrogens with two attached hydrogens (primary N) is 1. The fraction of sp³-hybridized carbons (Fsp3) is 0.562. The van der Waals surface area contributed by atoms with E-state index in [0.717, 1.165) is 44.7 Å². The Morgan fingerprint density at radius 2 is 1.88 bits per heavy atom. The third-order valence-electron chi connectivity index (χ3n) is 4.29. The van der Waals surface area contributed by atoms with Crippen molar-refractivity contribution in [1.29, 1.82) is 0 Å². The summed E-state index contributed by atoms with van der Waals surface area (Å²) < 4.78 is 5.27. The van der Waals surface area contributed by atoms with Crippen molar-refractivity contribution in [1.82, 2.24) is 4.90 Å². The summed E-state index contributed by atoms with van der Waals surface area (Å²) in [5.74, 6) is 0.775. The molecule has 0 spiro atoms. The highest BCUT2D eigenvalue weighted by Gasteiger charge is 2.23. The van der Waals surface area contributed by atoms with Crippen LogP contribution in [0.25, 0.3) is 0 Å². The van der Waals surface area contributed by atoms with Gasteiger partial charge in [0.1, 0.15) is 12.0 Å². The maximum absolute atomic E-state index is 10.8. The zero-order valence-electron chi connectivity index (χ0n) is 13.9. The van der Waals surface area contributed by atoms with Crippen LogP contribution in [0.15, 0.2) is 12.1 Å². The molecule has 0 aromatic heterocycles. The molecule has 136 valence electrons. The third kappa shape index (κ3) is 5.14. The van der Waals surface area contributed by atoms with E-state index in [-0.39, 0.29) is 18.3 Å². The van der Waals surface area contributed by atoms with E-state index in [2.05, 4.69) is 9.80 Å². The first-order chi connectivity index (χ1) is 11.0. The fourth-order valence-corrected chi connectivity index (χ4v) is 3.33. The minimum atomic E-state index is -0.400. The lowest BCUT2D eigenvalue weighted by Crippen LogP contribution is -2.49. The predicted molar refractivity (Wildman–Crippen MR) is 102 cm³/mol. The van der Waals surface area contributed by atoms with E-state index in [0.29, 0.717) is 15.8 Å². The van der Waals surface area contributed by atoms with E-state index < -0.39 is 6.04 Å². The Labute approximate surface area is 159 Å². The smallest absolute Gasteiger partial charge is 0.139 e. The van der Waals surface area contributed by atoms with Crippen molar-refractivity contribution in [2.24, 2.45) is 11.7 Å². The predicted octanol–water partition coefficient (Wildman–Crippen LogP) is 2.71. The minimum absolute atomic E-state index is 0. The monoisotopic (exact) mass is 395 g/mol. The van der Waals surface area contributed by atoms with Gasteiger partial charge in [-0.1, -0.05) is 30.1 Å². The van der Waals surface area contributed by atoms with Crippen LogP contribution in [-0.2, 0) is 4.79 Å². The van der Waals surface area contributed by atoms with Gasteiger partial charge in [-0.3, -0.25) is 4.90 Å². The molecular weight excluding hydrogens is 373 g/mol. The number of hydrogen-bond donors (Lipinski definition) is 1. The number of carbonyl (C=O) groups is 1. The third-order valence-corrected chi connectivity index (χ3v) is 4.89. The number of anilines is 1. The van der Waals surface area contributed by atoms with Gasteiger partial charge in [0.05, 0.1) is 28.9 Å². The second-order valence-electron chi connectivity index (χ2n) is 5.92. The molecule has 1 aliphatic heterocycles. The summed E-state index contributed by atoms with van der Waals surface area (Å²) in [6, 6.07) is 3.20. The molecule has 2 N–H and O–H groups in total. The molecule has 0 radical (unpaired) electrons. The Bertz CT molecular complexity index is 552. The van der Waals surface area contributed by atoms with Crippen LogP contribution >= 0.6 is 35.6 Å². The van der Waals surface area contributed by atoms with Crippen molar-refractivity contribution >= 4 is 47.6 Å². The molecule has 0 amide bonds. The van der Waals surface area contributed by atoms with E-state index in [9.17, 15) is 4.79 Å². The van der Waals surface area contributed by atoms with Gasteiger partial charge in [0.15, 0.2) is 0 Å². The number of hydrogen-bond acceptors (Lipinski definition) is 5. The highest BCUT2D eigenvalue weighted by atomic mass is 35.5. The van der Waals surface area contributed by atoms with Gasteiger partial charge in [0.2, 0.25) is 0 Å². The second kappa shape index (κ2) is 9.68. The number of ether oxygens (including phenoxy) is 1. The van der Waals surface area contributed by atoms with Crippen LogP contribution in [0.3, 0.4) is 0 Å². The lowest BCUT2D eigenvalue weighted by molar-refractivity contribution is -0.109. The number of aldehydes is 1. The first-order valence-corrected chi connectivity index (χ1v) is 8.43. The maximum atomic E-state index is 10.8. The molecule has 8 heteroatoms. The molecule has 5 nitrogen and oxygen atoms in total. The number of carbonyl (C=O) groups excluding carboxylic acids is 1. The van der Waals surface area contributed by atoms with E-state index in [4.69, 9.17) is 33.7 Å². The Kier molecular flexibility index (Phi) is 8.60. The van der Waals surface area contributed by atoms with Crippen LogP contribution in [0.1, 0.15) is 6.92 Å². The number of methoxy groups -OCH3 is 1. The van der Waals surface area contributed by atoms with Crippen LogP contribution in [0.2, 0.25) is 10.0 Å². The first kappa shape index (κ1) is 21.3. The topological polar surface area (TPSA) is 58.8 Å². The zero-order chi connectivity index (χ0) is 17.0. The lowest BCUT2D eigenvalue weighted by atomic mass is 10.0. The van der Waals surface area contributed by atoms with E-state index in [1.54, 1.807) is 13.2 Å². The average Bonchev–Trinajstić information content (AvgIpc) is 2.55. The van der Waals surface area contributed by atoms with Crippen molar-refractivity contribution in [2.45, 2.75) is 13.0 Å². The van der Waals surface area contributed by atoms with Gasteiger partial charge >= 0.3 is 0 Å². The van der Waals surface area contributed by atoms with Gasteiger partial charge in [-0.05, 0) is 12.0 Å². The van der Waals surface area contributed by atoms with Crippen molar-refractivity contribution in [2.75, 3.05) is 44.7 Å². The molecule has 1 saturated heterocycles. The van der Waals surface area contributed by atoms with Crippen LogP contribution in [0, 0.1) is 5.92 Å². The second-order valence-corrected chi connectivity index (χ2v) is 6.73. The molecule has 0 saturated carbocycles. The first-order valence-electron chi connectivity index (χ1n) is 7.67. The zero-order valence-corrected chi connectivity index (χ0v) is 16.2. The number of benzene rings is 1. The van der Waals surface area contributed by atoms with E-state index in [1.165, 1.54) is 0 Å². The fourth-order valence-electron chi connectivity index (χ4n) is 2.75. The summed E-state index contributed by atoms with van der Waals surface area (Å²) in [6.07, 6.45) is 0.820. The summed E-state index contributed by atoms with van der Waals surface area (Å²) in [6.45, 7) is 6.34. The Morgan fingerprint density at radius 3 is 2.42 bits per heavy atom. The highest BCUT2D eigenvalue weighted by molar-refractivity contribution is 6.37. The molecule has 1 heterocycles. The van der Waals surface area contributed by atoms with Crippen molar-refractivity contribution < 1.29 is 9.53 Å². The largest absolute Gasteiger partial charge is 0.495 e. The molecule has 1 aliphatic rings. The van der Waals surface area contributed by atoms with Crippen LogP contribution in [0.4, 0.5) is 5.69 Å². The standard InChI is InChI=1S/C16H23Cl2N3O2.ClH/c1-11(14(19)10-22)9-20-3-5-21(6-4-20)15-8-16(23-2)13(18)7-12(15)17;/h7-8,10-11,14H,3-6,9,19H2,1-2H3;1H. The minimum Gasteiger partial charge on any atom is -0.495 e. The van der Waals surface area contributed by atoms with Crippen molar-refractivity contribution in [3.63, 3.8) is 0 Å². The molecule has 2 atom stereocenters. The highest BCUT2D eigenvalue weighted by Crippen LogP contribution is 2.36. The molecule has 1 aromatic carbocycles. The maximum Gasteiger partial charge on any atom is 0.139 e. The summed E-state index contributed by atoms with van der Waals surface area (Å²) in [5, 5.41) is 1.14. The van der Waals surface area contributed by atoms with Gasteiger partial charge in [0.25, 0.3) is 0 Å². The lowest BCUT2D eigenvalue weighted by Gasteiger charge is -2.38.